The summed E-state index contributed by atoms with van der Waals surface area (Å²) in [6, 6.07) is 6.64. The average molecular weight is 386 g/mol. The van der Waals surface area contributed by atoms with Crippen LogP contribution in [0.25, 0.3) is 0 Å². The smallest absolute Gasteiger partial charge is 0.299 e. The highest BCUT2D eigenvalue weighted by Gasteiger charge is 2.36. The van der Waals surface area contributed by atoms with Gasteiger partial charge in [0.05, 0.1) is 22.8 Å². The second-order valence-electron chi connectivity index (χ2n) is 4.48. The Hall–Kier alpha value is -1.43. The maximum absolute atomic E-state index is 12.1. The lowest BCUT2D eigenvalue weighted by Gasteiger charge is -2.17. The largest absolute Gasteiger partial charge is 0.300 e. The third kappa shape index (κ3) is 2.57. The molecule has 0 N–H and O–H groups in total. The number of nitrogens with zero attached hydrogens (tertiary/aromatic N) is 2. The first-order chi connectivity index (χ1) is 9.97. The van der Waals surface area contributed by atoms with Crippen molar-refractivity contribution in [2.45, 2.75) is 6.54 Å². The lowest BCUT2D eigenvalue weighted by Crippen LogP contribution is -2.29. The van der Waals surface area contributed by atoms with E-state index >= 15 is 0 Å². The molecular weight excluding hydrogens is 379 g/mol. The van der Waals surface area contributed by atoms with Gasteiger partial charge in [0.2, 0.25) is 0 Å². The molecule has 2 aromatic rings. The second-order valence-corrected chi connectivity index (χ2v) is 6.19. The van der Waals surface area contributed by atoms with E-state index in [1.54, 1.807) is 18.2 Å². The molecular formula is C14H7BrCl2N2O2. The molecule has 7 heteroatoms. The number of hydrogen-bond acceptors (Lipinski definition) is 3. The van der Waals surface area contributed by atoms with Crippen molar-refractivity contribution in [2.75, 3.05) is 4.90 Å². The number of hydrogen-bond donors (Lipinski definition) is 0. The Morgan fingerprint density at radius 1 is 1.19 bits per heavy atom. The van der Waals surface area contributed by atoms with Crippen LogP contribution in [0.1, 0.15) is 15.9 Å². The van der Waals surface area contributed by atoms with Crippen LogP contribution in [0.2, 0.25) is 10.2 Å². The zero-order chi connectivity index (χ0) is 15.1. The lowest BCUT2D eigenvalue weighted by atomic mass is 10.1. The zero-order valence-electron chi connectivity index (χ0n) is 10.4. The van der Waals surface area contributed by atoms with Gasteiger partial charge in [-0.05, 0) is 24.3 Å². The predicted molar refractivity (Wildman–Crippen MR) is 83.9 cm³/mol. The number of pyridine rings is 1. The Morgan fingerprint density at radius 2 is 1.95 bits per heavy atom. The summed E-state index contributed by atoms with van der Waals surface area (Å²) in [6.07, 6.45) is 1.50. The number of benzene rings is 1. The van der Waals surface area contributed by atoms with Crippen LogP contribution >= 0.6 is 39.1 Å². The molecule has 0 saturated carbocycles. The van der Waals surface area contributed by atoms with E-state index in [1.807, 2.05) is 0 Å². The van der Waals surface area contributed by atoms with Crippen molar-refractivity contribution < 1.29 is 9.59 Å². The van der Waals surface area contributed by atoms with Crippen LogP contribution in [0.4, 0.5) is 5.69 Å². The highest BCUT2D eigenvalue weighted by molar-refractivity contribution is 9.10. The molecule has 0 aliphatic carbocycles. The molecule has 0 atom stereocenters. The molecule has 1 aliphatic rings. The van der Waals surface area contributed by atoms with Crippen molar-refractivity contribution in [1.82, 2.24) is 4.98 Å². The minimum Gasteiger partial charge on any atom is -0.300 e. The van der Waals surface area contributed by atoms with Gasteiger partial charge >= 0.3 is 0 Å². The van der Waals surface area contributed by atoms with Crippen LogP contribution in [0, 0.1) is 0 Å². The topological polar surface area (TPSA) is 50.3 Å². The van der Waals surface area contributed by atoms with Crippen molar-refractivity contribution in [1.29, 1.82) is 0 Å². The Balaban J connectivity index is 2.00. The van der Waals surface area contributed by atoms with Crippen molar-refractivity contribution in [2.24, 2.45) is 0 Å². The third-order valence-electron chi connectivity index (χ3n) is 3.16. The van der Waals surface area contributed by atoms with E-state index in [4.69, 9.17) is 23.2 Å². The normalized spacial score (nSPS) is 13.8. The first-order valence-corrected chi connectivity index (χ1v) is 7.48. The van der Waals surface area contributed by atoms with E-state index in [-0.39, 0.29) is 11.7 Å². The van der Waals surface area contributed by atoms with Gasteiger partial charge in [0.1, 0.15) is 5.15 Å². The highest BCUT2D eigenvalue weighted by Crippen LogP contribution is 2.33. The number of carbonyl (C=O) groups excluding carboxylic acids is 2. The van der Waals surface area contributed by atoms with Crippen LogP contribution in [-0.4, -0.2) is 16.7 Å². The molecule has 0 saturated heterocycles. The van der Waals surface area contributed by atoms with Gasteiger partial charge in [-0.15, -0.1) is 0 Å². The first kappa shape index (κ1) is 14.5. The molecule has 1 aromatic carbocycles. The van der Waals surface area contributed by atoms with Gasteiger partial charge in [-0.3, -0.25) is 9.59 Å². The number of Topliss-reactive ketones (excluding diaryl/α,β-unsaturated/α-hetero) is 1. The van der Waals surface area contributed by atoms with Crippen molar-refractivity contribution in [3.8, 4) is 0 Å². The lowest BCUT2D eigenvalue weighted by molar-refractivity contribution is -0.114. The van der Waals surface area contributed by atoms with Crippen molar-refractivity contribution >= 4 is 56.5 Å². The average Bonchev–Trinajstić information content (AvgIpc) is 2.66. The van der Waals surface area contributed by atoms with Gasteiger partial charge < -0.3 is 4.90 Å². The van der Waals surface area contributed by atoms with E-state index in [0.717, 1.165) is 4.47 Å². The highest BCUT2D eigenvalue weighted by atomic mass is 79.9. The molecule has 3 rings (SSSR count). The van der Waals surface area contributed by atoms with E-state index in [1.165, 1.54) is 17.2 Å². The van der Waals surface area contributed by atoms with Gasteiger partial charge in [0, 0.05) is 16.2 Å². The number of ketones is 1. The van der Waals surface area contributed by atoms with E-state index in [2.05, 4.69) is 20.9 Å². The number of halogens is 3. The Labute approximate surface area is 138 Å². The molecule has 1 aromatic heterocycles. The summed E-state index contributed by atoms with van der Waals surface area (Å²) in [6.45, 7) is 0.169. The van der Waals surface area contributed by atoms with Crippen LogP contribution in [-0.2, 0) is 11.3 Å². The number of amides is 1. The summed E-state index contributed by atoms with van der Waals surface area (Å²) in [5.74, 6) is -1.10. The van der Waals surface area contributed by atoms with Gasteiger partial charge in [-0.2, -0.15) is 0 Å². The van der Waals surface area contributed by atoms with Crippen LogP contribution in [0.15, 0.2) is 34.9 Å². The number of aromatic nitrogens is 1. The molecule has 1 amide bonds. The maximum atomic E-state index is 12.1. The minimum atomic E-state index is -0.575. The van der Waals surface area contributed by atoms with E-state index in [0.29, 0.717) is 21.8 Å². The number of carbonyl (C=O) groups is 2. The van der Waals surface area contributed by atoms with Crippen LogP contribution in [0.3, 0.4) is 0 Å². The fourth-order valence-electron chi connectivity index (χ4n) is 2.15. The fraction of sp³-hybridized carbons (Fsp3) is 0.0714. The summed E-state index contributed by atoms with van der Waals surface area (Å²) in [4.78, 5) is 29.5. The first-order valence-electron chi connectivity index (χ1n) is 5.93. The SMILES string of the molecule is O=C1C(=O)N(Cc2cnc(Cl)cc2Cl)c2ccc(Br)cc21. The molecule has 0 spiro atoms. The molecule has 0 bridgehead atoms. The standard InChI is InChI=1S/C14H7BrCl2N2O2/c15-8-1-2-11-9(3-8)13(20)14(21)19(11)6-7-5-18-12(17)4-10(7)16/h1-5H,6H2. The van der Waals surface area contributed by atoms with Gasteiger partial charge in [0.15, 0.2) is 0 Å². The fourth-order valence-corrected chi connectivity index (χ4v) is 2.94. The van der Waals surface area contributed by atoms with Crippen LogP contribution in [0.5, 0.6) is 0 Å². The van der Waals surface area contributed by atoms with Gasteiger partial charge in [0.25, 0.3) is 11.7 Å². The summed E-state index contributed by atoms with van der Waals surface area (Å²) in [5.41, 5.74) is 1.57. The Kier molecular flexibility index (Phi) is 3.73. The van der Waals surface area contributed by atoms with E-state index in [9.17, 15) is 9.59 Å². The molecule has 4 nitrogen and oxygen atoms in total. The molecule has 0 radical (unpaired) electrons. The quantitative estimate of drug-likeness (QED) is 0.582. The van der Waals surface area contributed by atoms with Crippen molar-refractivity contribution in [3.05, 3.63) is 56.2 Å². The molecule has 106 valence electrons. The van der Waals surface area contributed by atoms with E-state index < -0.39 is 11.7 Å². The van der Waals surface area contributed by atoms with Gasteiger partial charge in [-0.25, -0.2) is 4.98 Å². The van der Waals surface area contributed by atoms with Crippen LogP contribution < -0.4 is 4.90 Å². The number of anilines is 1. The molecule has 1 aliphatic heterocycles. The summed E-state index contributed by atoms with van der Waals surface area (Å²) >= 11 is 15.1. The predicted octanol–water partition coefficient (Wildman–Crippen LogP) is 3.88. The van der Waals surface area contributed by atoms with Crippen molar-refractivity contribution in [3.63, 3.8) is 0 Å². The Morgan fingerprint density at radius 3 is 2.67 bits per heavy atom. The number of rotatable bonds is 2. The molecule has 0 unspecified atom stereocenters. The minimum absolute atomic E-state index is 0.169. The second kappa shape index (κ2) is 5.40. The summed E-state index contributed by atoms with van der Waals surface area (Å²) < 4.78 is 0.746. The summed E-state index contributed by atoms with van der Waals surface area (Å²) in [7, 11) is 0. The zero-order valence-corrected chi connectivity index (χ0v) is 13.5. The maximum Gasteiger partial charge on any atom is 0.299 e. The number of fused-ring (bicyclic) bond motifs is 1. The molecule has 2 heterocycles. The summed E-state index contributed by atoms with van der Waals surface area (Å²) in [5, 5.41) is 0.678. The monoisotopic (exact) mass is 384 g/mol. The van der Waals surface area contributed by atoms with Gasteiger partial charge in [-0.1, -0.05) is 39.1 Å². The Bertz CT molecular complexity index is 780. The third-order valence-corrected chi connectivity index (χ3v) is 4.21. The molecule has 21 heavy (non-hydrogen) atoms. The molecule has 0 fully saturated rings.